The fourth-order valence-corrected chi connectivity index (χ4v) is 4.08. The highest BCUT2D eigenvalue weighted by Crippen LogP contribution is 2.26. The molecule has 1 aromatic carbocycles. The minimum atomic E-state index is 0.662. The lowest BCUT2D eigenvalue weighted by Gasteiger charge is -2.39. The van der Waals surface area contributed by atoms with Crippen molar-refractivity contribution in [2.75, 3.05) is 24.5 Å². The van der Waals surface area contributed by atoms with Gasteiger partial charge < -0.3 is 10.2 Å². The van der Waals surface area contributed by atoms with Crippen molar-refractivity contribution in [2.24, 2.45) is 11.8 Å². The summed E-state index contributed by atoms with van der Waals surface area (Å²) in [5.41, 5.74) is 2.76. The van der Waals surface area contributed by atoms with Gasteiger partial charge in [-0.1, -0.05) is 31.9 Å². The number of benzene rings is 1. The van der Waals surface area contributed by atoms with Crippen LogP contribution >= 0.6 is 0 Å². The first-order valence-electron chi connectivity index (χ1n) is 8.75. The second kappa shape index (κ2) is 6.83. The van der Waals surface area contributed by atoms with Gasteiger partial charge in [0.25, 0.3) is 0 Å². The van der Waals surface area contributed by atoms with Crippen molar-refractivity contribution >= 4 is 5.69 Å². The van der Waals surface area contributed by atoms with Crippen molar-refractivity contribution in [3.05, 3.63) is 29.8 Å². The number of anilines is 1. The molecule has 1 aliphatic carbocycles. The summed E-state index contributed by atoms with van der Waals surface area (Å²) in [6.07, 6.45) is 7.11. The molecular weight excluding hydrogens is 256 g/mol. The number of rotatable bonds is 4. The third kappa shape index (κ3) is 4.00. The zero-order valence-corrected chi connectivity index (χ0v) is 13.6. The van der Waals surface area contributed by atoms with E-state index >= 15 is 0 Å². The molecule has 2 aliphatic rings. The molecule has 2 nitrogen and oxygen atoms in total. The van der Waals surface area contributed by atoms with E-state index in [1.165, 1.54) is 63.0 Å². The molecule has 21 heavy (non-hydrogen) atoms. The third-order valence-corrected chi connectivity index (χ3v) is 5.20. The Labute approximate surface area is 129 Å². The van der Waals surface area contributed by atoms with Gasteiger partial charge in [0.15, 0.2) is 0 Å². The average Bonchev–Trinajstić information content (AvgIpc) is 2.98. The maximum atomic E-state index is 3.87. The Kier molecular flexibility index (Phi) is 4.84. The first kappa shape index (κ1) is 14.9. The maximum Gasteiger partial charge on any atom is 0.0369 e. The molecule has 2 heteroatoms. The first-order valence-corrected chi connectivity index (χ1v) is 8.75. The van der Waals surface area contributed by atoms with Gasteiger partial charge in [0.05, 0.1) is 0 Å². The zero-order chi connectivity index (χ0) is 14.7. The van der Waals surface area contributed by atoms with Crippen LogP contribution in [0.15, 0.2) is 24.3 Å². The van der Waals surface area contributed by atoms with E-state index in [-0.39, 0.29) is 0 Å². The lowest BCUT2D eigenvalue weighted by molar-refractivity contribution is 0.332. The van der Waals surface area contributed by atoms with Gasteiger partial charge in [-0.3, -0.25) is 0 Å². The SMILES string of the molecule is Cc1cccc(N2CC(C)CC(NCC3CCCC3)C2)c1. The molecule has 1 saturated carbocycles. The van der Waals surface area contributed by atoms with Crippen LogP contribution in [-0.4, -0.2) is 25.7 Å². The smallest absolute Gasteiger partial charge is 0.0369 e. The standard InChI is InChI=1S/C19H30N2/c1-15-6-5-9-19(11-15)21-13-16(2)10-18(14-21)20-12-17-7-3-4-8-17/h5-6,9,11,16-18,20H,3-4,7-8,10,12-14H2,1-2H3. The second-order valence-corrected chi connectivity index (χ2v) is 7.34. The Balaban J connectivity index is 1.58. The minimum Gasteiger partial charge on any atom is -0.370 e. The number of aryl methyl sites for hydroxylation is 1. The Morgan fingerprint density at radius 3 is 2.76 bits per heavy atom. The molecule has 1 aliphatic heterocycles. The molecule has 1 saturated heterocycles. The first-order chi connectivity index (χ1) is 10.2. The Morgan fingerprint density at radius 1 is 1.19 bits per heavy atom. The molecule has 1 aromatic rings. The van der Waals surface area contributed by atoms with E-state index in [1.807, 2.05) is 0 Å². The predicted molar refractivity (Wildman–Crippen MR) is 90.9 cm³/mol. The lowest BCUT2D eigenvalue weighted by Crippen LogP contribution is -2.49. The molecule has 0 amide bonds. The molecule has 2 atom stereocenters. The summed E-state index contributed by atoms with van der Waals surface area (Å²) in [4.78, 5) is 2.58. The van der Waals surface area contributed by atoms with Crippen molar-refractivity contribution in [3.8, 4) is 0 Å². The van der Waals surface area contributed by atoms with Crippen LogP contribution in [-0.2, 0) is 0 Å². The molecule has 0 bridgehead atoms. The van der Waals surface area contributed by atoms with Gasteiger partial charge in [-0.05, 0) is 62.3 Å². The number of piperidine rings is 1. The minimum absolute atomic E-state index is 0.662. The Bertz CT molecular complexity index is 451. The van der Waals surface area contributed by atoms with E-state index in [4.69, 9.17) is 0 Å². The van der Waals surface area contributed by atoms with Crippen LogP contribution in [0.2, 0.25) is 0 Å². The number of hydrogen-bond donors (Lipinski definition) is 1. The second-order valence-electron chi connectivity index (χ2n) is 7.34. The fourth-order valence-electron chi connectivity index (χ4n) is 4.08. The molecule has 0 spiro atoms. The Hall–Kier alpha value is -1.02. The van der Waals surface area contributed by atoms with Crippen LogP contribution in [0.4, 0.5) is 5.69 Å². The summed E-state index contributed by atoms with van der Waals surface area (Å²) in [7, 11) is 0. The van der Waals surface area contributed by atoms with Gasteiger partial charge in [-0.15, -0.1) is 0 Å². The molecule has 3 rings (SSSR count). The summed E-state index contributed by atoms with van der Waals surface area (Å²) in [5, 5.41) is 3.87. The van der Waals surface area contributed by atoms with E-state index in [0.29, 0.717) is 6.04 Å². The zero-order valence-electron chi connectivity index (χ0n) is 13.6. The fraction of sp³-hybridized carbons (Fsp3) is 0.684. The summed E-state index contributed by atoms with van der Waals surface area (Å²) in [6.45, 7) is 8.18. The van der Waals surface area contributed by atoms with Gasteiger partial charge in [-0.2, -0.15) is 0 Å². The van der Waals surface area contributed by atoms with Crippen LogP contribution in [0.5, 0.6) is 0 Å². The number of nitrogens with one attached hydrogen (secondary N) is 1. The quantitative estimate of drug-likeness (QED) is 0.900. The van der Waals surface area contributed by atoms with Crippen LogP contribution in [0, 0.1) is 18.8 Å². The summed E-state index contributed by atoms with van der Waals surface area (Å²) < 4.78 is 0. The lowest BCUT2D eigenvalue weighted by atomic mass is 9.94. The largest absolute Gasteiger partial charge is 0.370 e. The highest BCUT2D eigenvalue weighted by atomic mass is 15.2. The van der Waals surface area contributed by atoms with Crippen LogP contribution < -0.4 is 10.2 Å². The van der Waals surface area contributed by atoms with Crippen molar-refractivity contribution in [1.82, 2.24) is 5.32 Å². The van der Waals surface area contributed by atoms with E-state index in [2.05, 4.69) is 48.3 Å². The molecule has 0 radical (unpaired) electrons. The van der Waals surface area contributed by atoms with Crippen LogP contribution in [0.3, 0.4) is 0 Å². The molecule has 2 unspecified atom stereocenters. The maximum absolute atomic E-state index is 3.87. The Morgan fingerprint density at radius 2 is 2.00 bits per heavy atom. The highest BCUT2D eigenvalue weighted by Gasteiger charge is 2.25. The van der Waals surface area contributed by atoms with Gasteiger partial charge in [0, 0.05) is 24.8 Å². The van der Waals surface area contributed by atoms with Crippen LogP contribution in [0.25, 0.3) is 0 Å². The normalized spacial score (nSPS) is 27.2. The van der Waals surface area contributed by atoms with Crippen molar-refractivity contribution in [1.29, 1.82) is 0 Å². The topological polar surface area (TPSA) is 15.3 Å². The summed E-state index contributed by atoms with van der Waals surface area (Å²) in [5.74, 6) is 1.72. The molecular formula is C19H30N2. The van der Waals surface area contributed by atoms with E-state index in [9.17, 15) is 0 Å². The number of hydrogen-bond acceptors (Lipinski definition) is 2. The van der Waals surface area contributed by atoms with Gasteiger partial charge in [-0.25, -0.2) is 0 Å². The van der Waals surface area contributed by atoms with Gasteiger partial charge in [0.1, 0.15) is 0 Å². The summed E-state index contributed by atoms with van der Waals surface area (Å²) in [6, 6.07) is 9.62. The third-order valence-electron chi connectivity index (χ3n) is 5.20. The predicted octanol–water partition coefficient (Wildman–Crippen LogP) is 3.99. The highest BCUT2D eigenvalue weighted by molar-refractivity contribution is 5.49. The van der Waals surface area contributed by atoms with Crippen molar-refractivity contribution < 1.29 is 0 Å². The van der Waals surface area contributed by atoms with Crippen LogP contribution in [0.1, 0.15) is 44.6 Å². The van der Waals surface area contributed by atoms with Crippen molar-refractivity contribution in [2.45, 2.75) is 52.0 Å². The molecule has 116 valence electrons. The molecule has 1 N–H and O–H groups in total. The van der Waals surface area contributed by atoms with Gasteiger partial charge in [0.2, 0.25) is 0 Å². The monoisotopic (exact) mass is 286 g/mol. The van der Waals surface area contributed by atoms with E-state index < -0.39 is 0 Å². The summed E-state index contributed by atoms with van der Waals surface area (Å²) >= 11 is 0. The van der Waals surface area contributed by atoms with Gasteiger partial charge >= 0.3 is 0 Å². The molecule has 0 aromatic heterocycles. The average molecular weight is 286 g/mol. The van der Waals surface area contributed by atoms with E-state index in [1.54, 1.807) is 0 Å². The van der Waals surface area contributed by atoms with Crippen molar-refractivity contribution in [3.63, 3.8) is 0 Å². The van der Waals surface area contributed by atoms with E-state index in [0.717, 1.165) is 11.8 Å². The molecule has 2 fully saturated rings. The number of nitrogens with zero attached hydrogens (tertiary/aromatic N) is 1. The molecule has 1 heterocycles.